The van der Waals surface area contributed by atoms with E-state index in [1.165, 1.54) is 25.7 Å². The van der Waals surface area contributed by atoms with Crippen LogP contribution in [0.4, 0.5) is 0 Å². The summed E-state index contributed by atoms with van der Waals surface area (Å²) in [7, 11) is 1.77. The molecule has 2 fully saturated rings. The molecule has 0 amide bonds. The van der Waals surface area contributed by atoms with Crippen LogP contribution in [0.5, 0.6) is 0 Å². The van der Waals surface area contributed by atoms with E-state index in [1.807, 2.05) is 0 Å². The van der Waals surface area contributed by atoms with E-state index in [2.05, 4.69) is 19.2 Å². The molecule has 0 aliphatic heterocycles. The molecule has 2 aliphatic rings. The predicted molar refractivity (Wildman–Crippen MR) is 72.1 cm³/mol. The molecule has 5 atom stereocenters. The zero-order chi connectivity index (χ0) is 12.3. The summed E-state index contributed by atoms with van der Waals surface area (Å²) in [5, 5.41) is 3.58. The van der Waals surface area contributed by atoms with Crippen molar-refractivity contribution in [3.05, 3.63) is 0 Å². The van der Waals surface area contributed by atoms with Crippen molar-refractivity contribution in [3.63, 3.8) is 0 Å². The van der Waals surface area contributed by atoms with Crippen molar-refractivity contribution in [2.45, 2.75) is 52.0 Å². The standard InChI is InChI=1S/C15H29NO/c1-11(12(2)16-6-7-17-3)8-15-10-13-4-5-14(15)9-13/h11-16H,4-10H2,1-3H3. The lowest BCUT2D eigenvalue weighted by Crippen LogP contribution is -2.35. The van der Waals surface area contributed by atoms with Crippen molar-refractivity contribution in [3.8, 4) is 0 Å². The van der Waals surface area contributed by atoms with Gasteiger partial charge in [-0.25, -0.2) is 0 Å². The number of rotatable bonds is 7. The molecule has 2 saturated carbocycles. The van der Waals surface area contributed by atoms with Gasteiger partial charge in [0.2, 0.25) is 0 Å². The van der Waals surface area contributed by atoms with Gasteiger partial charge in [0.05, 0.1) is 6.61 Å². The summed E-state index contributed by atoms with van der Waals surface area (Å²) in [5.74, 6) is 4.01. The Morgan fingerprint density at radius 2 is 2.06 bits per heavy atom. The fourth-order valence-electron chi connectivity index (χ4n) is 3.94. The summed E-state index contributed by atoms with van der Waals surface area (Å²) in [6.07, 6.45) is 7.55. The Bertz CT molecular complexity index is 231. The zero-order valence-electron chi connectivity index (χ0n) is 11.7. The maximum atomic E-state index is 5.08. The Morgan fingerprint density at radius 1 is 1.24 bits per heavy atom. The number of methoxy groups -OCH3 is 1. The van der Waals surface area contributed by atoms with E-state index in [1.54, 1.807) is 13.5 Å². The Kier molecular flexibility index (Phi) is 4.87. The Morgan fingerprint density at radius 3 is 2.65 bits per heavy atom. The van der Waals surface area contributed by atoms with Gasteiger partial charge in [-0.1, -0.05) is 13.3 Å². The van der Waals surface area contributed by atoms with Gasteiger partial charge in [-0.15, -0.1) is 0 Å². The molecular formula is C15H29NO. The first kappa shape index (κ1) is 13.4. The van der Waals surface area contributed by atoms with Gasteiger partial charge in [0.1, 0.15) is 0 Å². The number of ether oxygens (including phenoxy) is 1. The lowest BCUT2D eigenvalue weighted by atomic mass is 9.81. The van der Waals surface area contributed by atoms with Crippen LogP contribution in [0.1, 0.15) is 46.0 Å². The van der Waals surface area contributed by atoms with Crippen LogP contribution in [0.15, 0.2) is 0 Å². The summed E-state index contributed by atoms with van der Waals surface area (Å²) in [4.78, 5) is 0. The van der Waals surface area contributed by atoms with Gasteiger partial charge in [-0.05, 0) is 56.3 Å². The van der Waals surface area contributed by atoms with Crippen LogP contribution < -0.4 is 5.32 Å². The van der Waals surface area contributed by atoms with Gasteiger partial charge in [0.15, 0.2) is 0 Å². The lowest BCUT2D eigenvalue weighted by Gasteiger charge is -2.28. The smallest absolute Gasteiger partial charge is 0.0587 e. The SMILES string of the molecule is COCCNC(C)C(C)CC1CC2CCC1C2. The quantitative estimate of drug-likeness (QED) is 0.689. The highest BCUT2D eigenvalue weighted by atomic mass is 16.5. The topological polar surface area (TPSA) is 21.3 Å². The summed E-state index contributed by atoms with van der Waals surface area (Å²) in [6, 6.07) is 0.629. The third-order valence-corrected chi connectivity index (χ3v) is 5.19. The molecule has 0 saturated heterocycles. The molecule has 0 aromatic heterocycles. The molecule has 0 aromatic carbocycles. The molecule has 0 spiro atoms. The summed E-state index contributed by atoms with van der Waals surface area (Å²) >= 11 is 0. The normalized spacial score (nSPS) is 35.1. The molecular weight excluding hydrogens is 210 g/mol. The van der Waals surface area contributed by atoms with E-state index in [0.717, 1.165) is 36.8 Å². The largest absolute Gasteiger partial charge is 0.383 e. The molecule has 100 valence electrons. The van der Waals surface area contributed by atoms with Crippen LogP contribution in [0.3, 0.4) is 0 Å². The second-order valence-corrected chi connectivity index (χ2v) is 6.38. The highest BCUT2D eigenvalue weighted by molar-refractivity contribution is 4.91. The van der Waals surface area contributed by atoms with Crippen molar-refractivity contribution >= 4 is 0 Å². The third kappa shape index (κ3) is 3.45. The molecule has 5 unspecified atom stereocenters. The van der Waals surface area contributed by atoms with Crippen LogP contribution in [0.25, 0.3) is 0 Å². The van der Waals surface area contributed by atoms with Gasteiger partial charge in [-0.3, -0.25) is 0 Å². The summed E-state index contributed by atoms with van der Waals surface area (Å²) < 4.78 is 5.08. The van der Waals surface area contributed by atoms with Gasteiger partial charge < -0.3 is 10.1 Å². The first-order valence-corrected chi connectivity index (χ1v) is 7.43. The monoisotopic (exact) mass is 239 g/mol. The Labute approximate surface area is 107 Å². The Hall–Kier alpha value is -0.0800. The number of hydrogen-bond donors (Lipinski definition) is 1. The third-order valence-electron chi connectivity index (χ3n) is 5.19. The van der Waals surface area contributed by atoms with Crippen LogP contribution in [0, 0.1) is 23.7 Å². The number of fused-ring (bicyclic) bond motifs is 2. The molecule has 2 heteroatoms. The van der Waals surface area contributed by atoms with Crippen LogP contribution in [-0.4, -0.2) is 26.3 Å². The Balaban J connectivity index is 1.67. The van der Waals surface area contributed by atoms with Crippen molar-refractivity contribution < 1.29 is 4.74 Å². The molecule has 2 rings (SSSR count). The maximum Gasteiger partial charge on any atom is 0.0587 e. The molecule has 0 heterocycles. The van der Waals surface area contributed by atoms with Gasteiger partial charge >= 0.3 is 0 Å². The second kappa shape index (κ2) is 6.19. The minimum atomic E-state index is 0.629. The highest BCUT2D eigenvalue weighted by Crippen LogP contribution is 2.50. The molecule has 2 nitrogen and oxygen atoms in total. The summed E-state index contributed by atoms with van der Waals surface area (Å²) in [6.45, 7) is 6.55. The average molecular weight is 239 g/mol. The highest BCUT2D eigenvalue weighted by Gasteiger charge is 2.39. The van der Waals surface area contributed by atoms with Crippen molar-refractivity contribution in [2.75, 3.05) is 20.3 Å². The number of nitrogens with one attached hydrogen (secondary N) is 1. The van der Waals surface area contributed by atoms with Crippen LogP contribution >= 0.6 is 0 Å². The van der Waals surface area contributed by atoms with Crippen molar-refractivity contribution in [1.82, 2.24) is 5.32 Å². The van der Waals surface area contributed by atoms with Gasteiger partial charge in [0, 0.05) is 19.7 Å². The first-order chi connectivity index (χ1) is 8.20. The minimum Gasteiger partial charge on any atom is -0.383 e. The second-order valence-electron chi connectivity index (χ2n) is 6.38. The fourth-order valence-corrected chi connectivity index (χ4v) is 3.94. The van der Waals surface area contributed by atoms with E-state index >= 15 is 0 Å². The molecule has 2 aliphatic carbocycles. The maximum absolute atomic E-state index is 5.08. The predicted octanol–water partition coefficient (Wildman–Crippen LogP) is 3.07. The summed E-state index contributed by atoms with van der Waals surface area (Å²) in [5.41, 5.74) is 0. The van der Waals surface area contributed by atoms with E-state index in [4.69, 9.17) is 4.74 Å². The van der Waals surface area contributed by atoms with Crippen LogP contribution in [0.2, 0.25) is 0 Å². The number of hydrogen-bond acceptors (Lipinski definition) is 2. The van der Waals surface area contributed by atoms with E-state index in [0.29, 0.717) is 6.04 Å². The van der Waals surface area contributed by atoms with Crippen LogP contribution in [-0.2, 0) is 4.74 Å². The van der Waals surface area contributed by atoms with Crippen molar-refractivity contribution in [2.24, 2.45) is 23.7 Å². The van der Waals surface area contributed by atoms with Gasteiger partial charge in [0.25, 0.3) is 0 Å². The van der Waals surface area contributed by atoms with E-state index in [9.17, 15) is 0 Å². The molecule has 2 bridgehead atoms. The van der Waals surface area contributed by atoms with Crippen molar-refractivity contribution in [1.29, 1.82) is 0 Å². The van der Waals surface area contributed by atoms with E-state index in [-0.39, 0.29) is 0 Å². The van der Waals surface area contributed by atoms with Gasteiger partial charge in [-0.2, -0.15) is 0 Å². The fraction of sp³-hybridized carbons (Fsp3) is 1.00. The molecule has 0 radical (unpaired) electrons. The molecule has 17 heavy (non-hydrogen) atoms. The minimum absolute atomic E-state index is 0.629. The zero-order valence-corrected chi connectivity index (χ0v) is 11.7. The first-order valence-electron chi connectivity index (χ1n) is 7.43. The van der Waals surface area contributed by atoms with E-state index < -0.39 is 0 Å². The average Bonchev–Trinajstić information content (AvgIpc) is 2.91. The molecule has 0 aromatic rings. The lowest BCUT2D eigenvalue weighted by molar-refractivity contribution is 0.187. The molecule has 1 N–H and O–H groups in total.